The van der Waals surface area contributed by atoms with Crippen molar-refractivity contribution in [2.24, 2.45) is 5.73 Å². The zero-order valence-corrected chi connectivity index (χ0v) is 12.7. The molecule has 8 nitrogen and oxygen atoms in total. The summed E-state index contributed by atoms with van der Waals surface area (Å²) < 4.78 is 0. The van der Waals surface area contributed by atoms with Gasteiger partial charge in [0.15, 0.2) is 0 Å². The maximum Gasteiger partial charge on any atom is 0.231 e. The first kappa shape index (κ1) is 15.9. The van der Waals surface area contributed by atoms with Gasteiger partial charge < -0.3 is 21.3 Å². The van der Waals surface area contributed by atoms with Crippen LogP contribution >= 0.6 is 0 Å². The van der Waals surface area contributed by atoms with E-state index in [1.807, 2.05) is 34.9 Å². The standard InChI is InChI=1S/C12H23N7O/c1-6-14-9-15-10(17-11(16-9)19(4)5)18-12(2,3)7-8(13)20/h6-7H2,1-5H3,(H2,13,20)(H2,14,15,16,17,18). The number of carbonyl (C=O) groups is 1. The Morgan fingerprint density at radius 1 is 1.25 bits per heavy atom. The van der Waals surface area contributed by atoms with Gasteiger partial charge in [-0.2, -0.15) is 15.0 Å². The van der Waals surface area contributed by atoms with Crippen LogP contribution in [-0.2, 0) is 4.79 Å². The summed E-state index contributed by atoms with van der Waals surface area (Å²) >= 11 is 0. The van der Waals surface area contributed by atoms with Gasteiger partial charge in [-0.15, -0.1) is 0 Å². The average molecular weight is 281 g/mol. The van der Waals surface area contributed by atoms with E-state index in [0.717, 1.165) is 0 Å². The number of nitrogens with zero attached hydrogens (tertiary/aromatic N) is 4. The van der Waals surface area contributed by atoms with Gasteiger partial charge >= 0.3 is 0 Å². The lowest BCUT2D eigenvalue weighted by Crippen LogP contribution is -2.37. The Balaban J connectivity index is 3.01. The second kappa shape index (κ2) is 6.36. The molecule has 8 heteroatoms. The lowest BCUT2D eigenvalue weighted by molar-refractivity contribution is -0.118. The van der Waals surface area contributed by atoms with E-state index in [2.05, 4.69) is 25.6 Å². The molecule has 0 saturated heterocycles. The van der Waals surface area contributed by atoms with Crippen LogP contribution in [0.1, 0.15) is 27.2 Å². The van der Waals surface area contributed by atoms with Crippen molar-refractivity contribution in [3.63, 3.8) is 0 Å². The third-order valence-electron chi connectivity index (χ3n) is 2.42. The number of nitrogens with one attached hydrogen (secondary N) is 2. The van der Waals surface area contributed by atoms with E-state index in [-0.39, 0.29) is 12.3 Å². The first-order valence-electron chi connectivity index (χ1n) is 6.47. The summed E-state index contributed by atoms with van der Waals surface area (Å²) in [6.07, 6.45) is 0.187. The molecule has 1 aromatic heterocycles. The van der Waals surface area contributed by atoms with Gasteiger partial charge in [-0.25, -0.2) is 0 Å². The number of hydrogen-bond acceptors (Lipinski definition) is 7. The van der Waals surface area contributed by atoms with Crippen molar-refractivity contribution in [1.82, 2.24) is 15.0 Å². The number of aromatic nitrogens is 3. The Hall–Kier alpha value is -2.12. The average Bonchev–Trinajstić information content (AvgIpc) is 2.26. The Kier molecular flexibility index (Phi) is 5.06. The molecule has 0 saturated carbocycles. The van der Waals surface area contributed by atoms with Crippen LogP contribution in [0.25, 0.3) is 0 Å². The molecule has 0 aliphatic heterocycles. The zero-order chi connectivity index (χ0) is 15.3. The summed E-state index contributed by atoms with van der Waals surface area (Å²) in [7, 11) is 3.70. The largest absolute Gasteiger partial charge is 0.370 e. The minimum absolute atomic E-state index is 0.187. The predicted molar refractivity (Wildman–Crippen MR) is 79.8 cm³/mol. The summed E-state index contributed by atoms with van der Waals surface area (Å²) in [6.45, 7) is 6.40. The fourth-order valence-electron chi connectivity index (χ4n) is 1.64. The molecule has 0 aliphatic rings. The van der Waals surface area contributed by atoms with Crippen molar-refractivity contribution in [3.05, 3.63) is 0 Å². The minimum atomic E-state index is -0.528. The normalized spacial score (nSPS) is 11.1. The Morgan fingerprint density at radius 3 is 2.35 bits per heavy atom. The third-order valence-corrected chi connectivity index (χ3v) is 2.42. The van der Waals surface area contributed by atoms with Gasteiger partial charge in [0, 0.05) is 32.6 Å². The highest BCUT2D eigenvalue weighted by atomic mass is 16.1. The molecule has 4 N–H and O–H groups in total. The molecule has 0 aliphatic carbocycles. The second-order valence-electron chi connectivity index (χ2n) is 5.36. The van der Waals surface area contributed by atoms with E-state index >= 15 is 0 Å². The van der Waals surface area contributed by atoms with Crippen LogP contribution in [0, 0.1) is 0 Å². The lowest BCUT2D eigenvalue weighted by atomic mass is 10.0. The fourth-order valence-corrected chi connectivity index (χ4v) is 1.64. The molecular formula is C12H23N7O. The van der Waals surface area contributed by atoms with Crippen LogP contribution in [-0.4, -0.2) is 47.0 Å². The molecule has 1 rings (SSSR count). The van der Waals surface area contributed by atoms with Crippen molar-refractivity contribution in [2.75, 3.05) is 36.2 Å². The minimum Gasteiger partial charge on any atom is -0.370 e. The van der Waals surface area contributed by atoms with Crippen molar-refractivity contribution in [2.45, 2.75) is 32.7 Å². The van der Waals surface area contributed by atoms with Crippen molar-refractivity contribution >= 4 is 23.8 Å². The van der Waals surface area contributed by atoms with Gasteiger partial charge in [-0.05, 0) is 20.8 Å². The number of amides is 1. The zero-order valence-electron chi connectivity index (χ0n) is 12.7. The first-order chi connectivity index (χ1) is 9.23. The summed E-state index contributed by atoms with van der Waals surface area (Å²) in [5, 5.41) is 6.16. The molecular weight excluding hydrogens is 258 g/mol. The maximum absolute atomic E-state index is 11.1. The van der Waals surface area contributed by atoms with Gasteiger partial charge in [0.2, 0.25) is 23.8 Å². The molecule has 1 amide bonds. The first-order valence-corrected chi connectivity index (χ1v) is 6.47. The molecule has 0 aromatic carbocycles. The van der Waals surface area contributed by atoms with Crippen molar-refractivity contribution in [3.8, 4) is 0 Å². The SMILES string of the molecule is CCNc1nc(NC(C)(C)CC(N)=O)nc(N(C)C)n1. The highest BCUT2D eigenvalue weighted by Gasteiger charge is 2.22. The van der Waals surface area contributed by atoms with Crippen LogP contribution in [0.3, 0.4) is 0 Å². The molecule has 1 aromatic rings. The van der Waals surface area contributed by atoms with Crippen LogP contribution < -0.4 is 21.3 Å². The predicted octanol–water partition coefficient (Wildman–Crippen LogP) is 0.435. The second-order valence-corrected chi connectivity index (χ2v) is 5.36. The Morgan fingerprint density at radius 2 is 1.85 bits per heavy atom. The summed E-state index contributed by atoms with van der Waals surface area (Å²) in [5.74, 6) is 1.05. The molecule has 20 heavy (non-hydrogen) atoms. The number of carbonyl (C=O) groups excluding carboxylic acids is 1. The third kappa shape index (κ3) is 4.87. The van der Waals surface area contributed by atoms with Gasteiger partial charge in [-0.1, -0.05) is 0 Å². The van der Waals surface area contributed by atoms with E-state index in [4.69, 9.17) is 5.73 Å². The lowest BCUT2D eigenvalue weighted by Gasteiger charge is -2.25. The van der Waals surface area contributed by atoms with Crippen LogP contribution in [0.5, 0.6) is 0 Å². The summed E-state index contributed by atoms with van der Waals surface area (Å²) in [5.41, 5.74) is 4.71. The monoisotopic (exact) mass is 281 g/mol. The molecule has 0 spiro atoms. The van der Waals surface area contributed by atoms with Gasteiger partial charge in [-0.3, -0.25) is 4.79 Å². The molecule has 112 valence electrons. The Bertz CT molecular complexity index is 473. The smallest absolute Gasteiger partial charge is 0.231 e. The van der Waals surface area contributed by atoms with E-state index in [1.165, 1.54) is 0 Å². The molecule has 0 fully saturated rings. The van der Waals surface area contributed by atoms with Gasteiger partial charge in [0.1, 0.15) is 0 Å². The molecule has 1 heterocycles. The molecule has 0 unspecified atom stereocenters. The molecule has 0 atom stereocenters. The highest BCUT2D eigenvalue weighted by Crippen LogP contribution is 2.17. The van der Waals surface area contributed by atoms with Crippen LogP contribution in [0.15, 0.2) is 0 Å². The quantitative estimate of drug-likeness (QED) is 0.665. The topological polar surface area (TPSA) is 109 Å². The van der Waals surface area contributed by atoms with E-state index in [0.29, 0.717) is 24.4 Å². The fraction of sp³-hybridized carbons (Fsp3) is 0.667. The summed E-state index contributed by atoms with van der Waals surface area (Å²) in [4.78, 5) is 25.7. The van der Waals surface area contributed by atoms with E-state index in [9.17, 15) is 4.79 Å². The Labute approximate surface area is 119 Å². The van der Waals surface area contributed by atoms with Gasteiger partial charge in [0.25, 0.3) is 0 Å². The molecule has 0 radical (unpaired) electrons. The van der Waals surface area contributed by atoms with Crippen molar-refractivity contribution in [1.29, 1.82) is 0 Å². The number of primary amides is 1. The summed E-state index contributed by atoms with van der Waals surface area (Å²) in [6, 6.07) is 0. The van der Waals surface area contributed by atoms with E-state index in [1.54, 1.807) is 4.90 Å². The maximum atomic E-state index is 11.1. The van der Waals surface area contributed by atoms with Gasteiger partial charge in [0.05, 0.1) is 0 Å². The number of anilines is 3. The van der Waals surface area contributed by atoms with Crippen LogP contribution in [0.4, 0.5) is 17.8 Å². The van der Waals surface area contributed by atoms with Crippen molar-refractivity contribution < 1.29 is 4.79 Å². The van der Waals surface area contributed by atoms with E-state index < -0.39 is 5.54 Å². The highest BCUT2D eigenvalue weighted by molar-refractivity contribution is 5.75. The number of nitrogens with two attached hydrogens (primary N) is 1. The van der Waals surface area contributed by atoms with Crippen LogP contribution in [0.2, 0.25) is 0 Å². The number of rotatable bonds is 7. The number of hydrogen-bond donors (Lipinski definition) is 3. The molecule has 0 bridgehead atoms.